The van der Waals surface area contributed by atoms with Gasteiger partial charge in [0.05, 0.1) is 5.41 Å². The zero-order valence-corrected chi connectivity index (χ0v) is 8.61. The van der Waals surface area contributed by atoms with Crippen molar-refractivity contribution in [1.82, 2.24) is 0 Å². The quantitative estimate of drug-likeness (QED) is 0.804. The molecule has 0 saturated heterocycles. The minimum atomic E-state index is -0.916. The second-order valence-corrected chi connectivity index (χ2v) is 4.00. The molecule has 0 spiro atoms. The van der Waals surface area contributed by atoms with E-state index in [9.17, 15) is 4.79 Å². The zero-order valence-electron chi connectivity index (χ0n) is 8.61. The largest absolute Gasteiger partial charge is 0.481 e. The molecule has 2 rings (SSSR count). The molecule has 15 heavy (non-hydrogen) atoms. The minimum absolute atomic E-state index is 0.201. The lowest BCUT2D eigenvalue weighted by Crippen LogP contribution is -2.28. The molecule has 0 aromatic heterocycles. The number of aliphatic carboxylic acids is 1. The summed E-state index contributed by atoms with van der Waals surface area (Å²) in [5.41, 5.74) is -0.208. The van der Waals surface area contributed by atoms with Crippen LogP contribution in [0.15, 0.2) is 18.2 Å². The Bertz CT molecular complexity index is 409. The third kappa shape index (κ3) is 1.52. The monoisotopic (exact) mass is 208 g/mol. The fourth-order valence-corrected chi connectivity index (χ4v) is 1.41. The number of fused-ring (bicyclic) bond motifs is 1. The summed E-state index contributed by atoms with van der Waals surface area (Å²) in [6.45, 7) is 3.52. The minimum Gasteiger partial charge on any atom is -0.481 e. The molecule has 1 N–H and O–H groups in total. The SMILES string of the molecule is CC(C)(C(=O)O)c1ccc2c(c1)OCO2. The first-order valence-electron chi connectivity index (χ1n) is 4.65. The summed E-state index contributed by atoms with van der Waals surface area (Å²) in [4.78, 5) is 11.0. The highest BCUT2D eigenvalue weighted by atomic mass is 16.7. The van der Waals surface area contributed by atoms with Crippen LogP contribution in [0, 0.1) is 0 Å². The molecule has 0 unspecified atom stereocenters. The number of carboxylic acids is 1. The molecule has 0 bridgehead atoms. The summed E-state index contributed by atoms with van der Waals surface area (Å²) in [7, 11) is 0. The third-order valence-electron chi connectivity index (χ3n) is 2.63. The van der Waals surface area contributed by atoms with Crippen LogP contribution >= 0.6 is 0 Å². The van der Waals surface area contributed by atoms with Gasteiger partial charge in [0.1, 0.15) is 0 Å². The summed E-state index contributed by atoms with van der Waals surface area (Å²) in [5, 5.41) is 9.07. The van der Waals surface area contributed by atoms with E-state index in [1.165, 1.54) is 0 Å². The predicted octanol–water partition coefficient (Wildman–Crippen LogP) is 1.78. The van der Waals surface area contributed by atoms with Crippen LogP contribution in [0.2, 0.25) is 0 Å². The van der Waals surface area contributed by atoms with Crippen LogP contribution in [0.4, 0.5) is 0 Å². The zero-order chi connectivity index (χ0) is 11.1. The molecular weight excluding hydrogens is 196 g/mol. The van der Waals surface area contributed by atoms with Crippen molar-refractivity contribution in [2.45, 2.75) is 19.3 Å². The van der Waals surface area contributed by atoms with Gasteiger partial charge in [0.25, 0.3) is 0 Å². The Morgan fingerprint density at radius 1 is 1.33 bits per heavy atom. The Kier molecular flexibility index (Phi) is 2.07. The number of ether oxygens (including phenoxy) is 2. The molecule has 1 heterocycles. The summed E-state index contributed by atoms with van der Waals surface area (Å²) in [6, 6.07) is 5.21. The van der Waals surface area contributed by atoms with E-state index in [4.69, 9.17) is 14.6 Å². The molecule has 0 fully saturated rings. The van der Waals surface area contributed by atoms with Gasteiger partial charge < -0.3 is 14.6 Å². The molecule has 1 aromatic carbocycles. The maximum Gasteiger partial charge on any atom is 0.313 e. The summed E-state index contributed by atoms with van der Waals surface area (Å²) in [6.07, 6.45) is 0. The first-order valence-corrected chi connectivity index (χ1v) is 4.65. The molecule has 0 radical (unpaired) electrons. The molecule has 0 aliphatic carbocycles. The fourth-order valence-electron chi connectivity index (χ4n) is 1.41. The average molecular weight is 208 g/mol. The van der Waals surface area contributed by atoms with Gasteiger partial charge in [0.15, 0.2) is 11.5 Å². The lowest BCUT2D eigenvalue weighted by Gasteiger charge is -2.19. The second-order valence-electron chi connectivity index (χ2n) is 4.00. The van der Waals surface area contributed by atoms with Crippen molar-refractivity contribution in [3.63, 3.8) is 0 Å². The van der Waals surface area contributed by atoms with Crippen molar-refractivity contribution >= 4 is 5.97 Å². The van der Waals surface area contributed by atoms with Crippen molar-refractivity contribution in [3.8, 4) is 11.5 Å². The third-order valence-corrected chi connectivity index (χ3v) is 2.63. The van der Waals surface area contributed by atoms with Crippen LogP contribution in [-0.2, 0) is 10.2 Å². The van der Waals surface area contributed by atoms with Gasteiger partial charge in [-0.25, -0.2) is 0 Å². The van der Waals surface area contributed by atoms with Gasteiger partial charge >= 0.3 is 5.97 Å². The van der Waals surface area contributed by atoms with Gasteiger partial charge in [-0.2, -0.15) is 0 Å². The topological polar surface area (TPSA) is 55.8 Å². The maximum absolute atomic E-state index is 11.0. The van der Waals surface area contributed by atoms with Crippen molar-refractivity contribution in [1.29, 1.82) is 0 Å². The first-order chi connectivity index (χ1) is 7.01. The van der Waals surface area contributed by atoms with Crippen molar-refractivity contribution in [3.05, 3.63) is 23.8 Å². The Balaban J connectivity index is 2.42. The standard InChI is InChI=1S/C11H12O4/c1-11(2,10(12)13)7-3-4-8-9(5-7)15-6-14-8/h3-5H,6H2,1-2H3,(H,12,13). The van der Waals surface area contributed by atoms with E-state index in [0.29, 0.717) is 17.1 Å². The first kappa shape index (κ1) is 9.83. The van der Waals surface area contributed by atoms with Gasteiger partial charge in [-0.15, -0.1) is 0 Å². The summed E-state index contributed by atoms with van der Waals surface area (Å²) < 4.78 is 10.4. The molecule has 0 saturated carbocycles. The number of rotatable bonds is 2. The van der Waals surface area contributed by atoms with E-state index >= 15 is 0 Å². The number of hydrogen-bond donors (Lipinski definition) is 1. The van der Waals surface area contributed by atoms with E-state index in [-0.39, 0.29) is 6.79 Å². The molecule has 1 aliphatic rings. The maximum atomic E-state index is 11.0. The van der Waals surface area contributed by atoms with Crippen LogP contribution in [-0.4, -0.2) is 17.9 Å². The van der Waals surface area contributed by atoms with Gasteiger partial charge in [0, 0.05) is 0 Å². The Morgan fingerprint density at radius 3 is 2.67 bits per heavy atom. The molecule has 4 nitrogen and oxygen atoms in total. The van der Waals surface area contributed by atoms with Crippen molar-refractivity contribution in [2.24, 2.45) is 0 Å². The highest BCUT2D eigenvalue weighted by Gasteiger charge is 2.30. The highest BCUT2D eigenvalue weighted by molar-refractivity contribution is 5.80. The molecule has 1 aliphatic heterocycles. The summed E-state index contributed by atoms with van der Waals surface area (Å²) >= 11 is 0. The Hall–Kier alpha value is -1.71. The van der Waals surface area contributed by atoms with E-state index < -0.39 is 11.4 Å². The van der Waals surface area contributed by atoms with Gasteiger partial charge in [0.2, 0.25) is 6.79 Å². The Morgan fingerprint density at radius 2 is 2.00 bits per heavy atom. The van der Waals surface area contributed by atoms with Crippen LogP contribution in [0.3, 0.4) is 0 Å². The van der Waals surface area contributed by atoms with Gasteiger partial charge in [-0.1, -0.05) is 6.07 Å². The molecule has 0 atom stereocenters. The second kappa shape index (κ2) is 3.15. The number of carbonyl (C=O) groups is 1. The highest BCUT2D eigenvalue weighted by Crippen LogP contribution is 2.36. The molecule has 80 valence electrons. The summed E-state index contributed by atoms with van der Waals surface area (Å²) in [5.74, 6) is 0.420. The average Bonchev–Trinajstić information content (AvgIpc) is 2.63. The molecule has 4 heteroatoms. The van der Waals surface area contributed by atoms with Gasteiger partial charge in [-0.3, -0.25) is 4.79 Å². The fraction of sp³-hybridized carbons (Fsp3) is 0.364. The number of carboxylic acid groups (broad SMARTS) is 1. The van der Waals surface area contributed by atoms with E-state index in [2.05, 4.69) is 0 Å². The predicted molar refractivity (Wildman–Crippen MR) is 53.2 cm³/mol. The van der Waals surface area contributed by atoms with Crippen molar-refractivity contribution in [2.75, 3.05) is 6.79 Å². The smallest absolute Gasteiger partial charge is 0.313 e. The van der Waals surface area contributed by atoms with Gasteiger partial charge in [-0.05, 0) is 31.5 Å². The molecule has 0 amide bonds. The van der Waals surface area contributed by atoms with Crippen LogP contribution in [0.1, 0.15) is 19.4 Å². The van der Waals surface area contributed by atoms with E-state index in [1.54, 1.807) is 32.0 Å². The van der Waals surface area contributed by atoms with Crippen LogP contribution in [0.25, 0.3) is 0 Å². The van der Waals surface area contributed by atoms with E-state index in [0.717, 1.165) is 0 Å². The molecule has 1 aromatic rings. The number of benzene rings is 1. The molecular formula is C11H12O4. The van der Waals surface area contributed by atoms with Crippen LogP contribution in [0.5, 0.6) is 11.5 Å². The lowest BCUT2D eigenvalue weighted by atomic mass is 9.85. The lowest BCUT2D eigenvalue weighted by molar-refractivity contribution is -0.142. The normalized spacial score (nSPS) is 14.0. The van der Waals surface area contributed by atoms with Crippen LogP contribution < -0.4 is 9.47 Å². The number of hydrogen-bond acceptors (Lipinski definition) is 3. The van der Waals surface area contributed by atoms with E-state index in [1.807, 2.05) is 0 Å². The van der Waals surface area contributed by atoms with Crippen molar-refractivity contribution < 1.29 is 19.4 Å². The Labute approximate surface area is 87.4 Å².